The number of imide groups is 1. The summed E-state index contributed by atoms with van der Waals surface area (Å²) in [5.41, 5.74) is 2.92. The van der Waals surface area contributed by atoms with Crippen molar-refractivity contribution in [1.29, 1.82) is 0 Å². The Kier molecular flexibility index (Phi) is 5.37. The molecular formula is C26H21FN2O5. The van der Waals surface area contributed by atoms with Crippen molar-refractivity contribution in [2.24, 2.45) is 5.92 Å². The molecule has 0 bridgehead atoms. The van der Waals surface area contributed by atoms with Crippen LogP contribution in [0.5, 0.6) is 0 Å². The van der Waals surface area contributed by atoms with Gasteiger partial charge in [-0.3, -0.25) is 14.4 Å². The monoisotopic (exact) mass is 460 g/mol. The van der Waals surface area contributed by atoms with Gasteiger partial charge >= 0.3 is 5.97 Å². The normalized spacial score (nSPS) is 21.7. The molecular weight excluding hydrogens is 439 g/mol. The number of ether oxygens (including phenoxy) is 1. The first kappa shape index (κ1) is 21.8. The summed E-state index contributed by atoms with van der Waals surface area (Å²) in [6.07, 6.45) is -1.04. The van der Waals surface area contributed by atoms with Crippen LogP contribution in [0.25, 0.3) is 0 Å². The molecule has 2 fully saturated rings. The van der Waals surface area contributed by atoms with Gasteiger partial charge in [0.05, 0.1) is 30.1 Å². The molecule has 0 aromatic heterocycles. The number of fused-ring (bicyclic) bond motifs is 1. The van der Waals surface area contributed by atoms with Gasteiger partial charge in [-0.15, -0.1) is 0 Å². The molecule has 3 aromatic rings. The Morgan fingerprint density at radius 1 is 0.941 bits per heavy atom. The average Bonchev–Trinajstić information content (AvgIpc) is 3.35. The van der Waals surface area contributed by atoms with Crippen molar-refractivity contribution in [1.82, 2.24) is 0 Å². The van der Waals surface area contributed by atoms with Gasteiger partial charge in [-0.1, -0.05) is 30.3 Å². The van der Waals surface area contributed by atoms with E-state index in [0.29, 0.717) is 16.8 Å². The lowest BCUT2D eigenvalue weighted by molar-refractivity contribution is -0.126. The van der Waals surface area contributed by atoms with Gasteiger partial charge < -0.3 is 4.74 Å². The summed E-state index contributed by atoms with van der Waals surface area (Å²) in [6.45, 7) is 1.91. The van der Waals surface area contributed by atoms with Crippen LogP contribution >= 0.6 is 0 Å². The van der Waals surface area contributed by atoms with Crippen LogP contribution in [0.2, 0.25) is 0 Å². The zero-order chi connectivity index (χ0) is 24.0. The van der Waals surface area contributed by atoms with Crippen LogP contribution in [0.4, 0.5) is 15.8 Å². The van der Waals surface area contributed by atoms with E-state index in [0.717, 1.165) is 16.2 Å². The number of hydrogen-bond donors (Lipinski definition) is 0. The van der Waals surface area contributed by atoms with E-state index >= 15 is 0 Å². The van der Waals surface area contributed by atoms with Gasteiger partial charge in [0, 0.05) is 0 Å². The highest BCUT2D eigenvalue weighted by atomic mass is 19.1. The third-order valence-corrected chi connectivity index (χ3v) is 6.23. The molecule has 0 aliphatic carbocycles. The zero-order valence-corrected chi connectivity index (χ0v) is 18.5. The maximum Gasteiger partial charge on any atom is 0.337 e. The predicted octanol–water partition coefficient (Wildman–Crippen LogP) is 3.97. The molecule has 0 radical (unpaired) electrons. The Bertz CT molecular complexity index is 1280. The highest BCUT2D eigenvalue weighted by molar-refractivity contribution is 6.24. The number of aryl methyl sites for hydroxylation is 1. The number of methoxy groups -OCH3 is 1. The van der Waals surface area contributed by atoms with Crippen LogP contribution in [0.1, 0.15) is 27.5 Å². The maximum atomic E-state index is 13.7. The standard InChI is InChI=1S/C26H21FN2O5/c1-15-5-3-4-6-20(15)29-22(16-7-11-18(27)12-8-16)21-23(34-29)25(31)28(24(21)30)19-13-9-17(10-14-19)26(32)33-2/h3-14,21-23H,1-2H3/t21-,22-,23-/m0/s1. The zero-order valence-electron chi connectivity index (χ0n) is 18.5. The van der Waals surface area contributed by atoms with Crippen molar-refractivity contribution in [2.45, 2.75) is 19.1 Å². The summed E-state index contributed by atoms with van der Waals surface area (Å²) >= 11 is 0. The van der Waals surface area contributed by atoms with E-state index in [1.807, 2.05) is 31.2 Å². The minimum Gasteiger partial charge on any atom is -0.465 e. The number of rotatable bonds is 4. The number of amides is 2. The molecule has 0 spiro atoms. The number of hydroxylamine groups is 1. The Morgan fingerprint density at radius 3 is 2.26 bits per heavy atom. The van der Waals surface area contributed by atoms with E-state index in [2.05, 4.69) is 0 Å². The SMILES string of the molecule is COC(=O)c1ccc(N2C(=O)[C@@H]3[C@H](ON(c4ccccc4C)[C@H]3c3ccc(F)cc3)C2=O)cc1. The Morgan fingerprint density at radius 2 is 1.62 bits per heavy atom. The van der Waals surface area contributed by atoms with Crippen LogP contribution in [-0.2, 0) is 19.2 Å². The van der Waals surface area contributed by atoms with Crippen LogP contribution in [0, 0.1) is 18.7 Å². The molecule has 0 saturated carbocycles. The first-order chi connectivity index (χ1) is 16.4. The van der Waals surface area contributed by atoms with Crippen LogP contribution < -0.4 is 9.96 Å². The second-order valence-electron chi connectivity index (χ2n) is 8.21. The second-order valence-corrected chi connectivity index (χ2v) is 8.21. The summed E-state index contributed by atoms with van der Waals surface area (Å²) in [4.78, 5) is 45.9. The summed E-state index contributed by atoms with van der Waals surface area (Å²) in [5, 5.41) is 1.59. The molecule has 34 heavy (non-hydrogen) atoms. The van der Waals surface area contributed by atoms with Crippen molar-refractivity contribution in [3.63, 3.8) is 0 Å². The number of benzene rings is 3. The number of anilines is 2. The quantitative estimate of drug-likeness (QED) is 0.433. The topological polar surface area (TPSA) is 76.2 Å². The van der Waals surface area contributed by atoms with Crippen LogP contribution in [0.15, 0.2) is 72.8 Å². The molecule has 3 aromatic carbocycles. The van der Waals surface area contributed by atoms with Gasteiger partial charge in [-0.05, 0) is 60.5 Å². The number of carbonyl (C=O) groups excluding carboxylic acids is 3. The van der Waals surface area contributed by atoms with Crippen molar-refractivity contribution >= 4 is 29.2 Å². The van der Waals surface area contributed by atoms with Gasteiger partial charge in [0.15, 0.2) is 6.10 Å². The van der Waals surface area contributed by atoms with E-state index in [4.69, 9.17) is 9.57 Å². The van der Waals surface area contributed by atoms with Crippen molar-refractivity contribution in [3.05, 3.63) is 95.3 Å². The lowest BCUT2D eigenvalue weighted by atomic mass is 9.90. The fraction of sp³-hybridized carbons (Fsp3) is 0.192. The molecule has 0 N–H and O–H groups in total. The summed E-state index contributed by atoms with van der Waals surface area (Å²) in [6, 6.07) is 18.7. The number of esters is 1. The molecule has 2 aliphatic rings. The molecule has 5 rings (SSSR count). The Labute approximate surface area is 195 Å². The largest absolute Gasteiger partial charge is 0.465 e. The van der Waals surface area contributed by atoms with Gasteiger partial charge in [0.1, 0.15) is 11.7 Å². The molecule has 2 saturated heterocycles. The van der Waals surface area contributed by atoms with Gasteiger partial charge in [-0.2, -0.15) is 0 Å². The molecule has 2 heterocycles. The van der Waals surface area contributed by atoms with E-state index in [1.54, 1.807) is 17.2 Å². The Hall–Kier alpha value is -4.04. The lowest BCUT2D eigenvalue weighted by Crippen LogP contribution is -2.37. The molecule has 2 aliphatic heterocycles. The first-order valence-electron chi connectivity index (χ1n) is 10.7. The van der Waals surface area contributed by atoms with Crippen LogP contribution in [0.3, 0.4) is 0 Å². The van der Waals surface area contributed by atoms with Crippen LogP contribution in [-0.4, -0.2) is 31.0 Å². The molecule has 172 valence electrons. The van der Waals surface area contributed by atoms with Gasteiger partial charge in [0.2, 0.25) is 5.91 Å². The fourth-order valence-corrected chi connectivity index (χ4v) is 4.55. The number of nitrogens with zero attached hydrogens (tertiary/aromatic N) is 2. The molecule has 8 heteroatoms. The highest BCUT2D eigenvalue weighted by Crippen LogP contribution is 2.48. The van der Waals surface area contributed by atoms with Crippen molar-refractivity contribution < 1.29 is 28.3 Å². The van der Waals surface area contributed by atoms with Gasteiger partial charge in [0.25, 0.3) is 5.91 Å². The minimum atomic E-state index is -1.04. The molecule has 7 nitrogen and oxygen atoms in total. The smallest absolute Gasteiger partial charge is 0.337 e. The van der Waals surface area contributed by atoms with Gasteiger partial charge in [-0.25, -0.2) is 19.1 Å². The molecule has 3 atom stereocenters. The third kappa shape index (κ3) is 3.43. The lowest BCUT2D eigenvalue weighted by Gasteiger charge is -2.29. The van der Waals surface area contributed by atoms with Crippen molar-refractivity contribution in [3.8, 4) is 0 Å². The molecule has 2 amide bonds. The maximum absolute atomic E-state index is 13.7. The number of halogens is 1. The van der Waals surface area contributed by atoms with E-state index < -0.39 is 41.7 Å². The predicted molar refractivity (Wildman–Crippen MR) is 121 cm³/mol. The average molecular weight is 460 g/mol. The number of hydrogen-bond acceptors (Lipinski definition) is 6. The summed E-state index contributed by atoms with van der Waals surface area (Å²) in [5.74, 6) is -2.67. The summed E-state index contributed by atoms with van der Waals surface area (Å²) in [7, 11) is 1.28. The highest BCUT2D eigenvalue weighted by Gasteiger charge is 2.60. The van der Waals surface area contributed by atoms with Crippen molar-refractivity contribution in [2.75, 3.05) is 17.1 Å². The van der Waals surface area contributed by atoms with E-state index in [9.17, 15) is 18.8 Å². The Balaban J connectivity index is 1.54. The van der Waals surface area contributed by atoms with E-state index in [1.165, 1.54) is 43.5 Å². The van der Waals surface area contributed by atoms with E-state index in [-0.39, 0.29) is 0 Å². The second kappa shape index (κ2) is 8.39. The number of para-hydroxylation sites is 1. The first-order valence-corrected chi connectivity index (χ1v) is 10.7. The number of carbonyl (C=O) groups is 3. The third-order valence-electron chi connectivity index (χ3n) is 6.23. The summed E-state index contributed by atoms with van der Waals surface area (Å²) < 4.78 is 18.4. The minimum absolute atomic E-state index is 0.303. The molecule has 0 unspecified atom stereocenters. The fourth-order valence-electron chi connectivity index (χ4n) is 4.55.